The monoisotopic (exact) mass is 100 g/mol. The van der Waals surface area contributed by atoms with Gasteiger partial charge in [-0.3, -0.25) is 0 Å². The molecule has 0 saturated carbocycles. The summed E-state index contributed by atoms with van der Waals surface area (Å²) in [6, 6.07) is 0. The van der Waals surface area contributed by atoms with Crippen molar-refractivity contribution in [3.05, 3.63) is 6.92 Å². The molecule has 0 aliphatic heterocycles. The molecule has 0 nitrogen and oxygen atoms in total. The van der Waals surface area contributed by atoms with E-state index in [1.165, 1.54) is 0 Å². The molecule has 0 atom stereocenters. The van der Waals surface area contributed by atoms with Gasteiger partial charge < -0.3 is 6.92 Å². The smallest absolute Gasteiger partial charge is 0.346 e. The molecular formula is C4H13K. The predicted molar refractivity (Wildman–Crippen MR) is 24.5 cm³/mol. The van der Waals surface area contributed by atoms with E-state index < -0.39 is 0 Å². The van der Waals surface area contributed by atoms with Crippen LogP contribution in [0.1, 0.15) is 21.8 Å². The Kier molecular flexibility index (Phi) is 274. The Morgan fingerprint density at radius 2 is 1.00 bits per heavy atom. The van der Waals surface area contributed by atoms with Crippen LogP contribution in [0, 0.1) is 6.92 Å². The summed E-state index contributed by atoms with van der Waals surface area (Å²) in [4.78, 5) is 0. The van der Waals surface area contributed by atoms with E-state index in [9.17, 15) is 0 Å². The fourth-order valence-corrected chi connectivity index (χ4v) is 0. The zero-order valence-corrected chi connectivity index (χ0v) is 5.83. The van der Waals surface area contributed by atoms with E-state index in [0.29, 0.717) is 0 Å². The third-order valence-electron chi connectivity index (χ3n) is 0. The third kappa shape index (κ3) is 27.8. The average Bonchev–Trinajstić information content (AvgIpc) is 1.00. The second-order valence-corrected chi connectivity index (χ2v) is 0. The normalized spacial score (nSPS) is 1.20. The maximum Gasteiger partial charge on any atom is 1.00 e. The Hall–Kier alpha value is 1.64. The molecule has 0 aromatic heterocycles. The first-order valence-electron chi connectivity index (χ1n) is 0.707. The first-order chi connectivity index (χ1) is 1.00. The fraction of sp³-hybridized carbons (Fsp3) is 0.750. The van der Waals surface area contributed by atoms with Crippen molar-refractivity contribution in [3.63, 3.8) is 0 Å². The first kappa shape index (κ1) is 30.3. The van der Waals surface area contributed by atoms with Crippen LogP contribution in [0.5, 0.6) is 0 Å². The van der Waals surface area contributed by atoms with Gasteiger partial charge in [-0.1, -0.05) is 14.9 Å². The molecule has 0 rings (SSSR count). The van der Waals surface area contributed by atoms with Gasteiger partial charge in [0.2, 0.25) is 0 Å². The van der Waals surface area contributed by atoms with Gasteiger partial charge in [-0.15, -0.1) is 0 Å². The van der Waals surface area contributed by atoms with E-state index in [0.717, 1.165) is 0 Å². The zero-order chi connectivity index (χ0) is 2.00. The largest absolute Gasteiger partial charge is 1.00 e. The van der Waals surface area contributed by atoms with Gasteiger partial charge in [0.1, 0.15) is 0 Å². The SMILES string of the molecule is C.C.[CH2-]C.[K+]. The van der Waals surface area contributed by atoms with E-state index in [1.807, 2.05) is 0 Å². The summed E-state index contributed by atoms with van der Waals surface area (Å²) in [6.45, 7) is 5.00. The standard InChI is InChI=1S/C2H5.2CH4.K/c1-2;;;/h1H2,2H3;2*1H4;/q-1;;;+1. The van der Waals surface area contributed by atoms with Crippen LogP contribution in [0.2, 0.25) is 0 Å². The van der Waals surface area contributed by atoms with Gasteiger partial charge >= 0.3 is 51.4 Å². The van der Waals surface area contributed by atoms with Crippen LogP contribution in [0.4, 0.5) is 0 Å². The number of hydrogen-bond donors (Lipinski definition) is 0. The molecule has 0 radical (unpaired) electrons. The second-order valence-electron chi connectivity index (χ2n) is 0. The first-order valence-corrected chi connectivity index (χ1v) is 0.707. The fourth-order valence-electron chi connectivity index (χ4n) is 0. The van der Waals surface area contributed by atoms with Crippen LogP contribution >= 0.6 is 0 Å². The molecule has 0 spiro atoms. The summed E-state index contributed by atoms with van der Waals surface area (Å²) < 4.78 is 0. The van der Waals surface area contributed by atoms with E-state index in [2.05, 4.69) is 6.92 Å². The third-order valence-corrected chi connectivity index (χ3v) is 0. The van der Waals surface area contributed by atoms with Crippen LogP contribution < -0.4 is 51.4 Å². The Morgan fingerprint density at radius 1 is 1.00 bits per heavy atom. The van der Waals surface area contributed by atoms with Crippen molar-refractivity contribution in [3.8, 4) is 0 Å². The molecule has 0 saturated heterocycles. The molecule has 0 heterocycles. The van der Waals surface area contributed by atoms with Gasteiger partial charge in [0.15, 0.2) is 0 Å². The quantitative estimate of drug-likeness (QED) is 0.274. The molecule has 30 valence electrons. The average molecular weight is 100 g/mol. The Balaban J connectivity index is -0.00000000167. The summed E-state index contributed by atoms with van der Waals surface area (Å²) in [6.07, 6.45) is 0. The van der Waals surface area contributed by atoms with Crippen molar-refractivity contribution in [2.24, 2.45) is 0 Å². The van der Waals surface area contributed by atoms with Gasteiger partial charge in [-0.2, -0.15) is 6.92 Å². The van der Waals surface area contributed by atoms with Gasteiger partial charge in [0, 0.05) is 0 Å². The molecular weight excluding hydrogens is 87.1 g/mol. The Bertz CT molecular complexity index is 3.61. The maximum atomic E-state index is 3.25. The van der Waals surface area contributed by atoms with E-state index in [-0.39, 0.29) is 66.2 Å². The zero-order valence-electron chi connectivity index (χ0n) is 2.71. The van der Waals surface area contributed by atoms with E-state index in [1.54, 1.807) is 6.92 Å². The minimum Gasteiger partial charge on any atom is -0.346 e. The van der Waals surface area contributed by atoms with Crippen LogP contribution in [-0.2, 0) is 0 Å². The molecule has 0 fully saturated rings. The van der Waals surface area contributed by atoms with Crippen LogP contribution in [-0.4, -0.2) is 0 Å². The van der Waals surface area contributed by atoms with Gasteiger partial charge in [-0.05, 0) is 0 Å². The summed E-state index contributed by atoms with van der Waals surface area (Å²) in [5.41, 5.74) is 0. The minimum absolute atomic E-state index is 0. The Labute approximate surface area is 78.8 Å². The second kappa shape index (κ2) is 45.2. The van der Waals surface area contributed by atoms with E-state index in [4.69, 9.17) is 0 Å². The van der Waals surface area contributed by atoms with Crippen LogP contribution in [0.15, 0.2) is 0 Å². The molecule has 0 amide bonds. The van der Waals surface area contributed by atoms with Crippen molar-refractivity contribution in [2.75, 3.05) is 0 Å². The summed E-state index contributed by atoms with van der Waals surface area (Å²) in [5, 5.41) is 0. The van der Waals surface area contributed by atoms with Gasteiger partial charge in [-0.25, -0.2) is 0 Å². The minimum atomic E-state index is 0. The maximum absolute atomic E-state index is 3.25. The van der Waals surface area contributed by atoms with Crippen molar-refractivity contribution in [1.29, 1.82) is 0 Å². The molecule has 0 N–H and O–H groups in total. The van der Waals surface area contributed by atoms with Crippen molar-refractivity contribution in [1.82, 2.24) is 0 Å². The molecule has 5 heavy (non-hydrogen) atoms. The summed E-state index contributed by atoms with van der Waals surface area (Å²) in [5.74, 6) is 0. The van der Waals surface area contributed by atoms with Crippen LogP contribution in [0.25, 0.3) is 0 Å². The molecule has 0 bridgehead atoms. The van der Waals surface area contributed by atoms with E-state index >= 15 is 0 Å². The molecule has 0 aliphatic carbocycles. The summed E-state index contributed by atoms with van der Waals surface area (Å²) in [7, 11) is 0. The Morgan fingerprint density at radius 3 is 1.00 bits per heavy atom. The molecule has 0 aromatic rings. The predicted octanol–water partition coefficient (Wildman–Crippen LogP) is -0.883. The van der Waals surface area contributed by atoms with Crippen molar-refractivity contribution in [2.45, 2.75) is 21.8 Å². The molecule has 1 heteroatoms. The van der Waals surface area contributed by atoms with Gasteiger partial charge in [0.25, 0.3) is 0 Å². The number of hydrogen-bond acceptors (Lipinski definition) is 0. The topological polar surface area (TPSA) is 0 Å². The molecule has 0 aromatic carbocycles. The van der Waals surface area contributed by atoms with Gasteiger partial charge in [0.05, 0.1) is 0 Å². The molecule has 0 aliphatic rings. The van der Waals surface area contributed by atoms with Crippen molar-refractivity contribution < 1.29 is 51.4 Å². The van der Waals surface area contributed by atoms with Crippen molar-refractivity contribution >= 4 is 0 Å². The van der Waals surface area contributed by atoms with Crippen LogP contribution in [0.3, 0.4) is 0 Å². The summed E-state index contributed by atoms with van der Waals surface area (Å²) >= 11 is 0. The number of rotatable bonds is 0. The molecule has 0 unspecified atom stereocenters.